The highest BCUT2D eigenvalue weighted by molar-refractivity contribution is 7.99. The van der Waals surface area contributed by atoms with Gasteiger partial charge in [0.05, 0.1) is 12.4 Å². The van der Waals surface area contributed by atoms with Gasteiger partial charge in [0.1, 0.15) is 5.75 Å². The van der Waals surface area contributed by atoms with Gasteiger partial charge in [0.25, 0.3) is 0 Å². The van der Waals surface area contributed by atoms with Crippen LogP contribution in [0.3, 0.4) is 0 Å². The third-order valence-electron chi connectivity index (χ3n) is 3.82. The van der Waals surface area contributed by atoms with Crippen LogP contribution in [-0.2, 0) is 4.79 Å². The molecule has 3 nitrogen and oxygen atoms in total. The maximum absolute atomic E-state index is 11.9. The molecule has 1 amide bonds. The molecule has 1 aromatic rings. The van der Waals surface area contributed by atoms with E-state index in [1.807, 2.05) is 31.2 Å². The standard InChI is InChI=1S/C20H33NO2S/c1-3-5-6-7-8-9-10-11-16-24-17-20(22)21-18-12-14-19(15-13-18)23-4-2/h12-15H,3-11,16-17H2,1-2H3,(H,21,22). The lowest BCUT2D eigenvalue weighted by atomic mass is 10.1. The van der Waals surface area contributed by atoms with Crippen molar-refractivity contribution in [2.75, 3.05) is 23.4 Å². The Morgan fingerprint density at radius 1 is 0.958 bits per heavy atom. The second-order valence-corrected chi connectivity index (χ2v) is 7.14. The summed E-state index contributed by atoms with van der Waals surface area (Å²) in [5, 5.41) is 2.93. The highest BCUT2D eigenvalue weighted by Crippen LogP contribution is 2.16. The van der Waals surface area contributed by atoms with Gasteiger partial charge in [-0.15, -0.1) is 0 Å². The van der Waals surface area contributed by atoms with E-state index in [0.29, 0.717) is 12.4 Å². The summed E-state index contributed by atoms with van der Waals surface area (Å²) in [7, 11) is 0. The third-order valence-corrected chi connectivity index (χ3v) is 4.87. The first-order valence-electron chi connectivity index (χ1n) is 9.36. The van der Waals surface area contributed by atoms with Crippen LogP contribution in [0.4, 0.5) is 5.69 Å². The molecule has 0 aliphatic heterocycles. The summed E-state index contributed by atoms with van der Waals surface area (Å²) in [6, 6.07) is 7.53. The second kappa shape index (κ2) is 14.2. The lowest BCUT2D eigenvalue weighted by molar-refractivity contribution is -0.113. The minimum absolute atomic E-state index is 0.0729. The predicted molar refractivity (Wildman–Crippen MR) is 106 cm³/mol. The van der Waals surface area contributed by atoms with Gasteiger partial charge in [-0.2, -0.15) is 11.8 Å². The van der Waals surface area contributed by atoms with E-state index in [4.69, 9.17) is 4.74 Å². The Morgan fingerprint density at radius 3 is 2.21 bits per heavy atom. The van der Waals surface area contributed by atoms with Crippen LogP contribution >= 0.6 is 11.8 Å². The van der Waals surface area contributed by atoms with E-state index in [1.54, 1.807) is 11.8 Å². The summed E-state index contributed by atoms with van der Waals surface area (Å²) in [6.07, 6.45) is 10.7. The maximum atomic E-state index is 11.9. The van der Waals surface area contributed by atoms with Crippen LogP contribution in [0.25, 0.3) is 0 Å². The van der Waals surface area contributed by atoms with Crippen LogP contribution in [0, 0.1) is 0 Å². The first kappa shape index (κ1) is 20.9. The molecule has 0 spiro atoms. The van der Waals surface area contributed by atoms with E-state index in [9.17, 15) is 4.79 Å². The third kappa shape index (κ3) is 10.6. The van der Waals surface area contributed by atoms with Crippen LogP contribution in [-0.4, -0.2) is 24.0 Å². The van der Waals surface area contributed by atoms with Crippen molar-refractivity contribution in [2.24, 2.45) is 0 Å². The number of benzene rings is 1. The van der Waals surface area contributed by atoms with Crippen LogP contribution in [0.5, 0.6) is 5.75 Å². The Labute approximate surface area is 151 Å². The van der Waals surface area contributed by atoms with Gasteiger partial charge >= 0.3 is 0 Å². The van der Waals surface area contributed by atoms with E-state index < -0.39 is 0 Å². The van der Waals surface area contributed by atoms with Crippen molar-refractivity contribution in [1.29, 1.82) is 0 Å². The molecule has 0 aliphatic rings. The first-order chi connectivity index (χ1) is 11.8. The van der Waals surface area contributed by atoms with Crippen molar-refractivity contribution in [3.8, 4) is 5.75 Å². The van der Waals surface area contributed by atoms with Gasteiger partial charge in [0.2, 0.25) is 5.91 Å². The average Bonchev–Trinajstić information content (AvgIpc) is 2.58. The van der Waals surface area contributed by atoms with Crippen LogP contribution < -0.4 is 10.1 Å². The van der Waals surface area contributed by atoms with E-state index in [-0.39, 0.29) is 5.91 Å². The highest BCUT2D eigenvalue weighted by Gasteiger charge is 2.03. The molecule has 1 rings (SSSR count). The molecule has 0 atom stereocenters. The van der Waals surface area contributed by atoms with Gasteiger partial charge in [-0.25, -0.2) is 0 Å². The Bertz CT molecular complexity index is 434. The zero-order valence-electron chi connectivity index (χ0n) is 15.3. The van der Waals surface area contributed by atoms with Gasteiger partial charge < -0.3 is 10.1 Å². The lowest BCUT2D eigenvalue weighted by Gasteiger charge is -2.07. The van der Waals surface area contributed by atoms with Gasteiger partial charge in [0, 0.05) is 5.69 Å². The molecule has 0 fully saturated rings. The fourth-order valence-corrected chi connectivity index (χ4v) is 3.31. The van der Waals surface area contributed by atoms with Gasteiger partial charge in [-0.1, -0.05) is 51.9 Å². The van der Waals surface area contributed by atoms with Crippen molar-refractivity contribution < 1.29 is 9.53 Å². The molecule has 0 aromatic heterocycles. The van der Waals surface area contributed by atoms with E-state index >= 15 is 0 Å². The number of nitrogens with one attached hydrogen (secondary N) is 1. The molecular formula is C20H33NO2S. The van der Waals surface area contributed by atoms with Crippen LogP contribution in [0.15, 0.2) is 24.3 Å². The molecule has 24 heavy (non-hydrogen) atoms. The molecule has 0 unspecified atom stereocenters. The van der Waals surface area contributed by atoms with Crippen molar-refractivity contribution >= 4 is 23.4 Å². The SMILES string of the molecule is CCCCCCCCCCSCC(=O)Nc1ccc(OCC)cc1. The van der Waals surface area contributed by atoms with Crippen molar-refractivity contribution in [1.82, 2.24) is 0 Å². The molecule has 4 heteroatoms. The molecule has 1 N–H and O–H groups in total. The average molecular weight is 352 g/mol. The van der Waals surface area contributed by atoms with Crippen LogP contribution in [0.1, 0.15) is 65.2 Å². The summed E-state index contributed by atoms with van der Waals surface area (Å²) in [6.45, 7) is 4.86. The minimum atomic E-state index is 0.0729. The van der Waals surface area contributed by atoms with Crippen molar-refractivity contribution in [3.05, 3.63) is 24.3 Å². The Kier molecular flexibility index (Phi) is 12.4. The van der Waals surface area contributed by atoms with E-state index in [2.05, 4.69) is 12.2 Å². The molecule has 0 saturated heterocycles. The van der Waals surface area contributed by atoms with Gasteiger partial charge in [-0.05, 0) is 43.4 Å². The number of hydrogen-bond donors (Lipinski definition) is 1. The molecule has 0 saturated carbocycles. The second-order valence-electron chi connectivity index (χ2n) is 6.03. The molecule has 136 valence electrons. The number of hydrogen-bond acceptors (Lipinski definition) is 3. The summed E-state index contributed by atoms with van der Waals surface area (Å²) in [5.74, 6) is 2.51. The smallest absolute Gasteiger partial charge is 0.234 e. The fourth-order valence-electron chi connectivity index (χ4n) is 2.50. The molecular weight excluding hydrogens is 318 g/mol. The number of unbranched alkanes of at least 4 members (excludes halogenated alkanes) is 7. The number of carbonyl (C=O) groups is 1. The number of anilines is 1. The largest absolute Gasteiger partial charge is 0.494 e. The Balaban J connectivity index is 2.00. The topological polar surface area (TPSA) is 38.3 Å². The maximum Gasteiger partial charge on any atom is 0.234 e. The molecule has 1 aromatic carbocycles. The lowest BCUT2D eigenvalue weighted by Crippen LogP contribution is -2.14. The predicted octanol–water partition coefficient (Wildman–Crippen LogP) is 5.90. The van der Waals surface area contributed by atoms with E-state index in [0.717, 1.165) is 17.2 Å². The summed E-state index contributed by atoms with van der Waals surface area (Å²) >= 11 is 1.73. The normalized spacial score (nSPS) is 10.6. The summed E-state index contributed by atoms with van der Waals surface area (Å²) in [4.78, 5) is 11.9. The summed E-state index contributed by atoms with van der Waals surface area (Å²) in [5.41, 5.74) is 0.830. The van der Waals surface area contributed by atoms with Crippen LogP contribution in [0.2, 0.25) is 0 Å². The van der Waals surface area contributed by atoms with Gasteiger partial charge in [0.15, 0.2) is 0 Å². The Morgan fingerprint density at radius 2 is 1.58 bits per heavy atom. The molecule has 0 radical (unpaired) electrons. The number of ether oxygens (including phenoxy) is 1. The first-order valence-corrected chi connectivity index (χ1v) is 10.5. The number of rotatable bonds is 14. The molecule has 0 bridgehead atoms. The quantitative estimate of drug-likeness (QED) is 0.424. The summed E-state index contributed by atoms with van der Waals surface area (Å²) < 4.78 is 5.39. The van der Waals surface area contributed by atoms with E-state index in [1.165, 1.54) is 51.4 Å². The van der Waals surface area contributed by atoms with Gasteiger partial charge in [-0.3, -0.25) is 4.79 Å². The number of thioether (sulfide) groups is 1. The van der Waals surface area contributed by atoms with Crippen molar-refractivity contribution in [3.63, 3.8) is 0 Å². The zero-order valence-corrected chi connectivity index (χ0v) is 16.1. The van der Waals surface area contributed by atoms with Crippen molar-refractivity contribution in [2.45, 2.75) is 65.2 Å². The Hall–Kier alpha value is -1.16. The minimum Gasteiger partial charge on any atom is -0.494 e. The fraction of sp³-hybridized carbons (Fsp3) is 0.650. The number of carbonyl (C=O) groups excluding carboxylic acids is 1. The molecule has 0 aliphatic carbocycles. The zero-order chi connectivity index (χ0) is 17.5. The molecule has 0 heterocycles. The highest BCUT2D eigenvalue weighted by atomic mass is 32.2. The number of amides is 1. The monoisotopic (exact) mass is 351 g/mol.